The molecule has 1 aliphatic carbocycles. The lowest BCUT2D eigenvalue weighted by atomic mass is 9.72. The number of piperidine rings is 1. The Hall–Kier alpha value is -1.61. The summed E-state index contributed by atoms with van der Waals surface area (Å²) in [7, 11) is 0. The molecular weight excluding hydrogens is 248 g/mol. The lowest BCUT2D eigenvalue weighted by Crippen LogP contribution is -2.50. The lowest BCUT2D eigenvalue weighted by Gasteiger charge is -2.45. The summed E-state index contributed by atoms with van der Waals surface area (Å²) in [6.07, 6.45) is 5.45. The number of aldehydes is 1. The largest absolute Gasteiger partial charge is 0.361 e. The molecule has 3 nitrogen and oxygen atoms in total. The summed E-state index contributed by atoms with van der Waals surface area (Å²) < 4.78 is 0. The van der Waals surface area contributed by atoms with Gasteiger partial charge >= 0.3 is 0 Å². The summed E-state index contributed by atoms with van der Waals surface area (Å²) in [6, 6.07) is 7.11. The van der Waals surface area contributed by atoms with Gasteiger partial charge in [0, 0.05) is 41.5 Å². The van der Waals surface area contributed by atoms with Gasteiger partial charge in [0.15, 0.2) is 0 Å². The maximum atomic E-state index is 11.3. The van der Waals surface area contributed by atoms with Gasteiger partial charge in [0.05, 0.1) is 0 Å². The van der Waals surface area contributed by atoms with Crippen LogP contribution in [0.5, 0.6) is 0 Å². The summed E-state index contributed by atoms with van der Waals surface area (Å²) in [5.74, 6) is 0.692. The van der Waals surface area contributed by atoms with E-state index in [1.807, 2.05) is 0 Å². The van der Waals surface area contributed by atoms with Gasteiger partial charge in [0.2, 0.25) is 0 Å². The third-order valence-corrected chi connectivity index (χ3v) is 5.21. The Balaban J connectivity index is 1.86. The molecule has 0 spiro atoms. The summed E-state index contributed by atoms with van der Waals surface area (Å²) in [6.45, 7) is 4.16. The van der Waals surface area contributed by atoms with Gasteiger partial charge in [-0.05, 0) is 36.6 Å². The first kappa shape index (κ1) is 12.2. The standard InChI is InChI=1S/C17H20N2O/c1-2-19-9-11(10-20)6-14-13-4-3-5-15-17(13)12(8-18-15)7-16(14)19/h3-5,8,10-11,14,16,18H,2,6-7,9H2,1H3/t11?,14-,16-/m1/s1. The second-order valence-corrected chi connectivity index (χ2v) is 6.18. The maximum absolute atomic E-state index is 11.3. The topological polar surface area (TPSA) is 36.1 Å². The third kappa shape index (κ3) is 1.59. The van der Waals surface area contributed by atoms with Crippen LogP contribution in [-0.4, -0.2) is 35.3 Å². The van der Waals surface area contributed by atoms with E-state index >= 15 is 0 Å². The normalized spacial score (nSPS) is 29.4. The van der Waals surface area contributed by atoms with Crippen molar-refractivity contribution in [1.82, 2.24) is 9.88 Å². The predicted molar refractivity (Wildman–Crippen MR) is 79.9 cm³/mol. The van der Waals surface area contributed by atoms with Gasteiger partial charge in [-0.3, -0.25) is 4.90 Å². The van der Waals surface area contributed by atoms with Crippen LogP contribution < -0.4 is 0 Å². The number of carbonyl (C=O) groups excluding carboxylic acids is 1. The van der Waals surface area contributed by atoms with Gasteiger partial charge in [0.25, 0.3) is 0 Å². The van der Waals surface area contributed by atoms with Gasteiger partial charge in [0.1, 0.15) is 6.29 Å². The molecule has 2 aromatic rings. The minimum Gasteiger partial charge on any atom is -0.361 e. The van der Waals surface area contributed by atoms with Crippen molar-refractivity contribution in [3.8, 4) is 0 Å². The first-order valence-corrected chi connectivity index (χ1v) is 7.60. The van der Waals surface area contributed by atoms with Crippen LogP contribution in [0.2, 0.25) is 0 Å². The molecular formula is C17H20N2O. The first-order valence-electron chi connectivity index (χ1n) is 7.60. The minimum atomic E-state index is 0.187. The Bertz CT molecular complexity index is 660. The fourth-order valence-corrected chi connectivity index (χ4v) is 4.30. The predicted octanol–water partition coefficient (Wildman–Crippen LogP) is 2.72. The van der Waals surface area contributed by atoms with Crippen LogP contribution in [0, 0.1) is 5.92 Å². The van der Waals surface area contributed by atoms with Crippen molar-refractivity contribution in [2.45, 2.75) is 31.7 Å². The Morgan fingerprint density at radius 3 is 3.15 bits per heavy atom. The Morgan fingerprint density at radius 1 is 1.45 bits per heavy atom. The van der Waals surface area contributed by atoms with Gasteiger partial charge in [-0.15, -0.1) is 0 Å². The van der Waals surface area contributed by atoms with Gasteiger partial charge in [-0.2, -0.15) is 0 Å². The molecule has 3 atom stereocenters. The summed E-state index contributed by atoms with van der Waals surface area (Å²) in [5, 5.41) is 1.41. The fourth-order valence-electron chi connectivity index (χ4n) is 4.30. The van der Waals surface area contributed by atoms with E-state index in [1.54, 1.807) is 0 Å². The number of nitrogens with zero attached hydrogens (tertiary/aromatic N) is 1. The van der Waals surface area contributed by atoms with Crippen LogP contribution in [0.15, 0.2) is 24.4 Å². The Kier molecular flexibility index (Phi) is 2.71. The third-order valence-electron chi connectivity index (χ3n) is 5.21. The second-order valence-electron chi connectivity index (χ2n) is 6.18. The molecule has 104 valence electrons. The summed E-state index contributed by atoms with van der Waals surface area (Å²) >= 11 is 0. The van der Waals surface area contributed by atoms with E-state index in [4.69, 9.17) is 0 Å². The molecule has 2 aliphatic rings. The van der Waals surface area contributed by atoms with E-state index < -0.39 is 0 Å². The van der Waals surface area contributed by atoms with E-state index in [-0.39, 0.29) is 5.92 Å². The quantitative estimate of drug-likeness (QED) is 0.850. The molecule has 1 aromatic heterocycles. The molecule has 0 amide bonds. The van der Waals surface area contributed by atoms with Crippen LogP contribution >= 0.6 is 0 Å². The zero-order valence-electron chi connectivity index (χ0n) is 11.8. The highest BCUT2D eigenvalue weighted by molar-refractivity contribution is 5.88. The number of hydrogen-bond donors (Lipinski definition) is 1. The molecule has 0 saturated carbocycles. The molecule has 1 unspecified atom stereocenters. The van der Waals surface area contributed by atoms with Crippen molar-refractivity contribution in [3.63, 3.8) is 0 Å². The SMILES string of the molecule is CCN1CC(C=O)C[C@@H]2c3cccc4[nH]cc(c34)C[C@H]21. The molecule has 1 fully saturated rings. The number of likely N-dealkylation sites (tertiary alicyclic amines) is 1. The summed E-state index contributed by atoms with van der Waals surface area (Å²) in [4.78, 5) is 17.2. The molecule has 3 heteroatoms. The highest BCUT2D eigenvalue weighted by Gasteiger charge is 2.39. The maximum Gasteiger partial charge on any atom is 0.124 e. The molecule has 0 radical (unpaired) electrons. The van der Waals surface area contributed by atoms with E-state index in [2.05, 4.69) is 41.2 Å². The number of aromatic nitrogens is 1. The zero-order valence-corrected chi connectivity index (χ0v) is 11.8. The molecule has 2 heterocycles. The van der Waals surface area contributed by atoms with Gasteiger partial charge in [-0.1, -0.05) is 19.1 Å². The number of carbonyl (C=O) groups is 1. The van der Waals surface area contributed by atoms with E-state index in [0.717, 1.165) is 32.2 Å². The fraction of sp³-hybridized carbons (Fsp3) is 0.471. The van der Waals surface area contributed by atoms with Crippen molar-refractivity contribution >= 4 is 17.2 Å². The van der Waals surface area contributed by atoms with Crippen LogP contribution in [0.25, 0.3) is 10.9 Å². The van der Waals surface area contributed by atoms with Crippen molar-refractivity contribution in [2.75, 3.05) is 13.1 Å². The molecule has 1 aliphatic heterocycles. The molecule has 1 N–H and O–H groups in total. The monoisotopic (exact) mass is 268 g/mol. The van der Waals surface area contributed by atoms with Crippen molar-refractivity contribution < 1.29 is 4.79 Å². The number of rotatable bonds is 2. The molecule has 20 heavy (non-hydrogen) atoms. The number of likely N-dealkylation sites (N-methyl/N-ethyl adjacent to an activating group) is 1. The van der Waals surface area contributed by atoms with Crippen LogP contribution in [0.3, 0.4) is 0 Å². The van der Waals surface area contributed by atoms with Crippen molar-refractivity contribution in [2.24, 2.45) is 5.92 Å². The summed E-state index contributed by atoms with van der Waals surface area (Å²) in [5.41, 5.74) is 4.13. The second kappa shape index (κ2) is 4.45. The first-order chi connectivity index (χ1) is 9.81. The van der Waals surface area contributed by atoms with Crippen molar-refractivity contribution in [3.05, 3.63) is 35.5 Å². The van der Waals surface area contributed by atoms with Crippen molar-refractivity contribution in [1.29, 1.82) is 0 Å². The average molecular weight is 268 g/mol. The zero-order chi connectivity index (χ0) is 13.7. The van der Waals surface area contributed by atoms with E-state index in [9.17, 15) is 4.79 Å². The highest BCUT2D eigenvalue weighted by atomic mass is 16.1. The number of benzene rings is 1. The Labute approximate surface area is 119 Å². The lowest BCUT2D eigenvalue weighted by molar-refractivity contribution is -0.113. The Morgan fingerprint density at radius 2 is 2.35 bits per heavy atom. The van der Waals surface area contributed by atoms with Crippen LogP contribution in [0.4, 0.5) is 0 Å². The number of hydrogen-bond acceptors (Lipinski definition) is 2. The van der Waals surface area contributed by atoms with Gasteiger partial charge < -0.3 is 9.78 Å². The highest BCUT2D eigenvalue weighted by Crippen LogP contribution is 2.44. The smallest absolute Gasteiger partial charge is 0.124 e. The number of fused-ring (bicyclic) bond motifs is 2. The molecule has 0 bridgehead atoms. The molecule has 1 saturated heterocycles. The van der Waals surface area contributed by atoms with E-state index in [0.29, 0.717) is 12.0 Å². The number of H-pyrrole nitrogens is 1. The molecule has 4 rings (SSSR count). The number of nitrogens with one attached hydrogen (secondary N) is 1. The minimum absolute atomic E-state index is 0.187. The number of aromatic amines is 1. The van der Waals surface area contributed by atoms with Crippen LogP contribution in [-0.2, 0) is 11.2 Å². The van der Waals surface area contributed by atoms with E-state index in [1.165, 1.54) is 22.0 Å². The molecule has 1 aromatic carbocycles. The van der Waals surface area contributed by atoms with Gasteiger partial charge in [-0.25, -0.2) is 0 Å². The average Bonchev–Trinajstić information content (AvgIpc) is 2.91. The van der Waals surface area contributed by atoms with Crippen LogP contribution in [0.1, 0.15) is 30.4 Å².